The van der Waals surface area contributed by atoms with Crippen molar-refractivity contribution in [2.24, 2.45) is 5.92 Å². The van der Waals surface area contributed by atoms with Gasteiger partial charge in [-0.05, 0) is 54.3 Å². The Hall–Kier alpha value is -3.39. The minimum absolute atomic E-state index is 0.220. The first-order valence-electron chi connectivity index (χ1n) is 14.0. The maximum atomic E-state index is 13.4. The molecule has 7 nitrogen and oxygen atoms in total. The first-order chi connectivity index (χ1) is 19.3. The van der Waals surface area contributed by atoms with Crippen molar-refractivity contribution in [3.8, 4) is 0 Å². The van der Waals surface area contributed by atoms with Gasteiger partial charge in [0, 0.05) is 59.3 Å². The van der Waals surface area contributed by atoms with Crippen molar-refractivity contribution in [1.29, 1.82) is 5.41 Å². The minimum Gasteiger partial charge on any atom is -0.398 e. The van der Waals surface area contributed by atoms with Crippen LogP contribution in [-0.2, 0) is 4.74 Å². The molecule has 0 spiro atoms. The second-order valence-electron chi connectivity index (χ2n) is 11.1. The molecule has 4 N–H and O–H groups in total. The van der Waals surface area contributed by atoms with E-state index < -0.39 is 0 Å². The summed E-state index contributed by atoms with van der Waals surface area (Å²) in [6.45, 7) is 9.96. The third kappa shape index (κ3) is 6.33. The summed E-state index contributed by atoms with van der Waals surface area (Å²) in [6, 6.07) is 21.1. The lowest BCUT2D eigenvalue weighted by Gasteiger charge is -2.43. The number of nitrogens with two attached hydrogens (primary N) is 1. The summed E-state index contributed by atoms with van der Waals surface area (Å²) in [4.78, 5) is 18.3. The molecule has 0 saturated carbocycles. The van der Waals surface area contributed by atoms with Crippen molar-refractivity contribution in [2.75, 3.05) is 50.0 Å². The van der Waals surface area contributed by atoms with Crippen molar-refractivity contribution >= 4 is 34.6 Å². The van der Waals surface area contributed by atoms with Crippen LogP contribution in [0.4, 0.5) is 11.4 Å². The molecule has 8 heteroatoms. The summed E-state index contributed by atoms with van der Waals surface area (Å²) < 4.78 is 5.34. The minimum atomic E-state index is -0.224. The van der Waals surface area contributed by atoms with Crippen molar-refractivity contribution in [3.05, 3.63) is 94.0 Å². The maximum Gasteiger partial charge on any atom is 0.251 e. The number of nitrogens with one attached hydrogen (secondary N) is 2. The van der Waals surface area contributed by atoms with E-state index in [9.17, 15) is 4.79 Å². The number of carbonyl (C=O) groups is 1. The Morgan fingerprint density at radius 3 is 2.33 bits per heavy atom. The zero-order valence-corrected chi connectivity index (χ0v) is 24.0. The van der Waals surface area contributed by atoms with Crippen LogP contribution in [0.15, 0.2) is 66.7 Å². The van der Waals surface area contributed by atoms with Crippen LogP contribution in [0, 0.1) is 11.3 Å². The lowest BCUT2D eigenvalue weighted by Crippen LogP contribution is -2.56. The first-order valence-corrected chi connectivity index (χ1v) is 14.4. The highest BCUT2D eigenvalue weighted by atomic mass is 35.5. The van der Waals surface area contributed by atoms with Crippen LogP contribution >= 0.6 is 11.6 Å². The Balaban J connectivity index is 1.28. The number of benzene rings is 3. The highest BCUT2D eigenvalue weighted by Gasteiger charge is 2.29. The third-order valence-corrected chi connectivity index (χ3v) is 8.19. The second-order valence-corrected chi connectivity index (χ2v) is 11.5. The third-order valence-electron chi connectivity index (χ3n) is 7.85. The molecule has 0 aliphatic carbocycles. The van der Waals surface area contributed by atoms with E-state index in [1.165, 1.54) is 0 Å². The molecule has 0 radical (unpaired) electrons. The zero-order valence-electron chi connectivity index (χ0n) is 23.2. The number of rotatable bonds is 9. The number of ether oxygens (including phenoxy) is 1. The van der Waals surface area contributed by atoms with Crippen LogP contribution in [0.25, 0.3) is 0 Å². The molecule has 1 atom stereocenters. The van der Waals surface area contributed by atoms with Crippen molar-refractivity contribution in [2.45, 2.75) is 32.4 Å². The van der Waals surface area contributed by atoms with Crippen LogP contribution in [0.2, 0.25) is 5.02 Å². The van der Waals surface area contributed by atoms with Gasteiger partial charge >= 0.3 is 0 Å². The molecule has 3 aromatic rings. The van der Waals surface area contributed by atoms with E-state index in [0.29, 0.717) is 39.5 Å². The van der Waals surface area contributed by atoms with Gasteiger partial charge in [-0.25, -0.2) is 0 Å². The monoisotopic (exact) mass is 559 g/mol. The number of carbonyl (C=O) groups excluding carboxylic acids is 1. The van der Waals surface area contributed by atoms with E-state index in [2.05, 4.69) is 41.1 Å². The molecule has 40 heavy (non-hydrogen) atoms. The van der Waals surface area contributed by atoms with Gasteiger partial charge in [0.25, 0.3) is 5.91 Å². The molecule has 0 aromatic heterocycles. The normalized spacial score (nSPS) is 16.9. The van der Waals surface area contributed by atoms with Crippen LogP contribution in [-0.4, -0.2) is 62.0 Å². The fourth-order valence-corrected chi connectivity index (χ4v) is 5.69. The molecule has 2 heterocycles. The summed E-state index contributed by atoms with van der Waals surface area (Å²) in [5.41, 5.74) is 10.8. The smallest absolute Gasteiger partial charge is 0.251 e. The number of piperazine rings is 1. The number of nitrogen functional groups attached to an aromatic ring is 1. The molecule has 0 unspecified atom stereocenters. The molecule has 2 fully saturated rings. The molecule has 1 amide bonds. The van der Waals surface area contributed by atoms with Crippen molar-refractivity contribution in [1.82, 2.24) is 10.2 Å². The van der Waals surface area contributed by atoms with Gasteiger partial charge in [0.2, 0.25) is 0 Å². The molecule has 2 aliphatic heterocycles. The van der Waals surface area contributed by atoms with Crippen LogP contribution < -0.4 is 16.0 Å². The average molecular weight is 560 g/mol. The predicted octanol–water partition coefficient (Wildman–Crippen LogP) is 5.38. The van der Waals surface area contributed by atoms with E-state index in [-0.39, 0.29) is 11.9 Å². The maximum absolute atomic E-state index is 13.4. The van der Waals surface area contributed by atoms with Gasteiger partial charge in [0.1, 0.15) is 0 Å². The van der Waals surface area contributed by atoms with Crippen molar-refractivity contribution in [3.63, 3.8) is 0 Å². The highest BCUT2D eigenvalue weighted by Crippen LogP contribution is 2.29. The van der Waals surface area contributed by atoms with E-state index in [1.807, 2.05) is 36.4 Å². The van der Waals surface area contributed by atoms with Gasteiger partial charge < -0.3 is 20.7 Å². The lowest BCUT2D eigenvalue weighted by atomic mass is 9.95. The molecule has 3 aromatic carbocycles. The molecule has 2 saturated heterocycles. The first kappa shape index (κ1) is 28.1. The number of anilines is 2. The fourth-order valence-electron chi connectivity index (χ4n) is 5.42. The average Bonchev–Trinajstić information content (AvgIpc) is 2.92. The molecule has 210 valence electrons. The quantitative estimate of drug-likeness (QED) is 0.242. The second kappa shape index (κ2) is 12.4. The van der Waals surface area contributed by atoms with E-state index in [1.54, 1.807) is 18.2 Å². The summed E-state index contributed by atoms with van der Waals surface area (Å²) in [5, 5.41) is 12.7. The Labute approximate surface area is 241 Å². The van der Waals surface area contributed by atoms with Crippen molar-refractivity contribution < 1.29 is 9.53 Å². The van der Waals surface area contributed by atoms with E-state index in [4.69, 9.17) is 27.5 Å². The van der Waals surface area contributed by atoms with Gasteiger partial charge in [-0.15, -0.1) is 0 Å². The Morgan fingerprint density at radius 2 is 1.70 bits per heavy atom. The Bertz CT molecular complexity index is 1350. The SMILES string of the molecule is CC(C)C[C@H](NC(=O)c1ccc(N)c(C(=N)c2ccc(N3CCN(C4COC4)CC3)cc2)c1)c1ccccc1Cl. The van der Waals surface area contributed by atoms with Gasteiger partial charge in [0.15, 0.2) is 0 Å². The zero-order chi connectivity index (χ0) is 28.2. The number of hydrogen-bond donors (Lipinski definition) is 3. The molecule has 2 aliphatic rings. The predicted molar refractivity (Wildman–Crippen MR) is 163 cm³/mol. The van der Waals surface area contributed by atoms with E-state index in [0.717, 1.165) is 62.6 Å². The summed E-state index contributed by atoms with van der Waals surface area (Å²) >= 11 is 6.47. The Kier molecular flexibility index (Phi) is 8.74. The van der Waals surface area contributed by atoms with Gasteiger partial charge in [0.05, 0.1) is 31.0 Å². The Morgan fingerprint density at radius 1 is 1.02 bits per heavy atom. The summed E-state index contributed by atoms with van der Waals surface area (Å²) in [5.74, 6) is 0.142. The lowest BCUT2D eigenvalue weighted by molar-refractivity contribution is -0.0660. The van der Waals surface area contributed by atoms with Gasteiger partial charge in [-0.2, -0.15) is 0 Å². The largest absolute Gasteiger partial charge is 0.398 e. The standard InChI is InChI=1S/C32H38ClN5O2/c1-21(2)17-30(26-5-3-4-6-28(26)33)36-32(39)23-9-12-29(34)27(18-23)31(35)22-7-10-24(11-8-22)37-13-15-38(16-14-37)25-19-40-20-25/h3-12,18,21,25,30,35H,13-17,19-20,34H2,1-2H3,(H,36,39)/t30-/m0/s1. The molecular formula is C32H38ClN5O2. The van der Waals surface area contributed by atoms with Gasteiger partial charge in [-0.1, -0.05) is 55.8 Å². The number of nitrogens with zero attached hydrogens (tertiary/aromatic N) is 2. The molecule has 5 rings (SSSR count). The van der Waals surface area contributed by atoms with Crippen LogP contribution in [0.1, 0.15) is 53.4 Å². The number of amides is 1. The fraction of sp³-hybridized carbons (Fsp3) is 0.375. The van der Waals surface area contributed by atoms with Gasteiger partial charge in [-0.3, -0.25) is 15.1 Å². The van der Waals surface area contributed by atoms with Crippen LogP contribution in [0.3, 0.4) is 0 Å². The summed E-state index contributed by atoms with van der Waals surface area (Å²) in [6.07, 6.45) is 0.753. The topological polar surface area (TPSA) is 94.7 Å². The number of hydrogen-bond acceptors (Lipinski definition) is 6. The summed E-state index contributed by atoms with van der Waals surface area (Å²) in [7, 11) is 0. The number of halogens is 1. The molecular weight excluding hydrogens is 522 g/mol. The van der Waals surface area contributed by atoms with E-state index >= 15 is 0 Å². The van der Waals surface area contributed by atoms with Crippen LogP contribution in [0.5, 0.6) is 0 Å². The molecule has 0 bridgehead atoms. The highest BCUT2D eigenvalue weighted by molar-refractivity contribution is 6.31.